The zero-order valence-corrected chi connectivity index (χ0v) is 10.2. The van der Waals surface area contributed by atoms with Gasteiger partial charge >= 0.3 is 0 Å². The standard InChI is InChI=1S/C10H17N3O2S/c1-2-3-16-6-9-12-10(15-13-9)8-4-7(14)5-11-8/h7-8,11,14H,2-6H2,1H3/t7-,8-/m1/s1. The van der Waals surface area contributed by atoms with Crippen LogP contribution in [0.2, 0.25) is 0 Å². The fourth-order valence-corrected chi connectivity index (χ4v) is 2.41. The van der Waals surface area contributed by atoms with E-state index in [0.717, 1.165) is 23.8 Å². The van der Waals surface area contributed by atoms with E-state index in [-0.39, 0.29) is 12.1 Å². The summed E-state index contributed by atoms with van der Waals surface area (Å²) in [6.07, 6.45) is 1.52. The molecule has 1 saturated heterocycles. The minimum Gasteiger partial charge on any atom is -0.392 e. The maximum atomic E-state index is 9.38. The monoisotopic (exact) mass is 243 g/mol. The van der Waals surface area contributed by atoms with Crippen LogP contribution in [-0.4, -0.2) is 33.6 Å². The number of thioether (sulfide) groups is 1. The third kappa shape index (κ3) is 2.96. The van der Waals surface area contributed by atoms with Crippen molar-refractivity contribution in [2.75, 3.05) is 12.3 Å². The summed E-state index contributed by atoms with van der Waals surface area (Å²) in [7, 11) is 0. The van der Waals surface area contributed by atoms with Gasteiger partial charge in [-0.3, -0.25) is 0 Å². The quantitative estimate of drug-likeness (QED) is 0.755. The van der Waals surface area contributed by atoms with E-state index < -0.39 is 0 Å². The molecule has 90 valence electrons. The van der Waals surface area contributed by atoms with Crippen LogP contribution in [0.5, 0.6) is 0 Å². The molecule has 6 heteroatoms. The molecule has 0 aliphatic carbocycles. The zero-order valence-electron chi connectivity index (χ0n) is 9.35. The van der Waals surface area contributed by atoms with Gasteiger partial charge in [0, 0.05) is 6.54 Å². The van der Waals surface area contributed by atoms with Gasteiger partial charge in [0.1, 0.15) is 0 Å². The maximum absolute atomic E-state index is 9.38. The molecule has 0 radical (unpaired) electrons. The lowest BCUT2D eigenvalue weighted by Crippen LogP contribution is -2.15. The van der Waals surface area contributed by atoms with Crippen molar-refractivity contribution in [1.29, 1.82) is 0 Å². The van der Waals surface area contributed by atoms with E-state index in [2.05, 4.69) is 22.4 Å². The summed E-state index contributed by atoms with van der Waals surface area (Å²) in [5.41, 5.74) is 0. The highest BCUT2D eigenvalue weighted by Gasteiger charge is 2.27. The fraction of sp³-hybridized carbons (Fsp3) is 0.800. The molecular weight excluding hydrogens is 226 g/mol. The minimum atomic E-state index is -0.296. The van der Waals surface area contributed by atoms with Crippen LogP contribution >= 0.6 is 11.8 Å². The smallest absolute Gasteiger partial charge is 0.243 e. The van der Waals surface area contributed by atoms with Crippen molar-refractivity contribution in [3.8, 4) is 0 Å². The summed E-state index contributed by atoms with van der Waals surface area (Å²) in [5, 5.41) is 16.5. The Hall–Kier alpha value is -0.590. The number of nitrogens with zero attached hydrogens (tertiary/aromatic N) is 2. The molecule has 16 heavy (non-hydrogen) atoms. The van der Waals surface area contributed by atoms with E-state index in [0.29, 0.717) is 18.9 Å². The Balaban J connectivity index is 1.87. The molecule has 0 aromatic carbocycles. The Morgan fingerprint density at radius 1 is 1.62 bits per heavy atom. The lowest BCUT2D eigenvalue weighted by Gasteiger charge is -2.01. The van der Waals surface area contributed by atoms with E-state index in [4.69, 9.17) is 4.52 Å². The second-order valence-electron chi connectivity index (χ2n) is 3.95. The Morgan fingerprint density at radius 2 is 2.50 bits per heavy atom. The van der Waals surface area contributed by atoms with Gasteiger partial charge in [0.2, 0.25) is 5.89 Å². The lowest BCUT2D eigenvalue weighted by molar-refractivity contribution is 0.191. The second kappa shape index (κ2) is 5.65. The van der Waals surface area contributed by atoms with Gasteiger partial charge in [0.05, 0.1) is 17.9 Å². The molecule has 1 aliphatic heterocycles. The molecule has 2 atom stereocenters. The molecule has 1 aromatic rings. The molecule has 0 spiro atoms. The van der Waals surface area contributed by atoms with E-state index in [1.807, 2.05) is 11.8 Å². The molecule has 0 saturated carbocycles. The van der Waals surface area contributed by atoms with Gasteiger partial charge in [-0.1, -0.05) is 12.1 Å². The highest BCUT2D eigenvalue weighted by molar-refractivity contribution is 7.98. The second-order valence-corrected chi connectivity index (χ2v) is 5.06. The highest BCUT2D eigenvalue weighted by atomic mass is 32.2. The van der Waals surface area contributed by atoms with Gasteiger partial charge in [0.25, 0.3) is 0 Å². The minimum absolute atomic E-state index is 0.0208. The zero-order chi connectivity index (χ0) is 11.4. The van der Waals surface area contributed by atoms with Crippen molar-refractivity contribution in [3.63, 3.8) is 0 Å². The van der Waals surface area contributed by atoms with Crippen LogP contribution in [0.25, 0.3) is 0 Å². The predicted molar refractivity (Wildman–Crippen MR) is 62.1 cm³/mol. The first-order chi connectivity index (χ1) is 7.79. The number of rotatable bonds is 5. The molecule has 5 nitrogen and oxygen atoms in total. The van der Waals surface area contributed by atoms with Crippen molar-refractivity contribution in [1.82, 2.24) is 15.5 Å². The average Bonchev–Trinajstić information content (AvgIpc) is 2.87. The average molecular weight is 243 g/mol. The van der Waals surface area contributed by atoms with Crippen molar-refractivity contribution >= 4 is 11.8 Å². The highest BCUT2D eigenvalue weighted by Crippen LogP contribution is 2.22. The fourth-order valence-electron chi connectivity index (χ4n) is 1.68. The first kappa shape index (κ1) is 11.9. The molecule has 1 aliphatic rings. The largest absolute Gasteiger partial charge is 0.392 e. The molecule has 0 unspecified atom stereocenters. The molecular formula is C10H17N3O2S. The molecule has 2 heterocycles. The third-order valence-electron chi connectivity index (χ3n) is 2.47. The van der Waals surface area contributed by atoms with Crippen molar-refractivity contribution in [2.45, 2.75) is 37.7 Å². The van der Waals surface area contributed by atoms with Crippen LogP contribution in [0.3, 0.4) is 0 Å². The van der Waals surface area contributed by atoms with Crippen molar-refractivity contribution in [3.05, 3.63) is 11.7 Å². The van der Waals surface area contributed by atoms with Gasteiger partial charge in [-0.2, -0.15) is 16.7 Å². The summed E-state index contributed by atoms with van der Waals surface area (Å²) >= 11 is 1.81. The number of aliphatic hydroxyl groups excluding tert-OH is 1. The maximum Gasteiger partial charge on any atom is 0.243 e. The first-order valence-corrected chi connectivity index (χ1v) is 6.76. The molecule has 0 bridgehead atoms. The summed E-state index contributed by atoms with van der Waals surface area (Å²) in [5.74, 6) is 3.26. The van der Waals surface area contributed by atoms with Gasteiger partial charge in [-0.15, -0.1) is 0 Å². The van der Waals surface area contributed by atoms with E-state index in [1.165, 1.54) is 0 Å². The number of aliphatic hydroxyl groups is 1. The number of aromatic nitrogens is 2. The number of nitrogens with one attached hydrogen (secondary N) is 1. The van der Waals surface area contributed by atoms with Gasteiger partial charge < -0.3 is 14.9 Å². The molecule has 1 aromatic heterocycles. The first-order valence-electron chi connectivity index (χ1n) is 5.61. The van der Waals surface area contributed by atoms with Crippen molar-refractivity contribution in [2.24, 2.45) is 0 Å². The van der Waals surface area contributed by atoms with E-state index in [1.54, 1.807) is 0 Å². The molecule has 0 amide bonds. The van der Waals surface area contributed by atoms with Crippen LogP contribution in [0.4, 0.5) is 0 Å². The Kier molecular flexibility index (Phi) is 4.20. The van der Waals surface area contributed by atoms with Gasteiger partial charge in [-0.05, 0) is 18.6 Å². The normalized spacial score (nSPS) is 25.1. The summed E-state index contributed by atoms with van der Waals surface area (Å²) < 4.78 is 5.18. The Bertz CT molecular complexity index is 332. The van der Waals surface area contributed by atoms with Crippen LogP contribution < -0.4 is 5.32 Å². The van der Waals surface area contributed by atoms with Gasteiger partial charge in [-0.25, -0.2) is 0 Å². The predicted octanol–water partition coefficient (Wildman–Crippen LogP) is 1.11. The Morgan fingerprint density at radius 3 is 3.19 bits per heavy atom. The molecule has 2 rings (SSSR count). The van der Waals surface area contributed by atoms with Crippen molar-refractivity contribution < 1.29 is 9.63 Å². The van der Waals surface area contributed by atoms with Crippen LogP contribution in [0.15, 0.2) is 4.52 Å². The topological polar surface area (TPSA) is 71.2 Å². The number of β-amino-alcohol motifs (C(OH)–C–C–N with tert-alkyl or cyclic N) is 1. The van der Waals surface area contributed by atoms with E-state index >= 15 is 0 Å². The number of hydrogen-bond donors (Lipinski definition) is 2. The van der Waals surface area contributed by atoms with Crippen LogP contribution in [-0.2, 0) is 5.75 Å². The summed E-state index contributed by atoms with van der Waals surface area (Å²) in [4.78, 5) is 4.33. The van der Waals surface area contributed by atoms with Gasteiger partial charge in [0.15, 0.2) is 5.82 Å². The lowest BCUT2D eigenvalue weighted by atomic mass is 10.2. The third-order valence-corrected chi connectivity index (χ3v) is 3.63. The summed E-state index contributed by atoms with van der Waals surface area (Å²) in [6, 6.07) is 0.0208. The molecule has 2 N–H and O–H groups in total. The number of hydrogen-bond acceptors (Lipinski definition) is 6. The van der Waals surface area contributed by atoms with Crippen LogP contribution in [0, 0.1) is 0 Å². The van der Waals surface area contributed by atoms with E-state index in [9.17, 15) is 5.11 Å². The Labute approximate surface area is 99.0 Å². The summed E-state index contributed by atoms with van der Waals surface area (Å²) in [6.45, 7) is 2.76. The molecule has 1 fully saturated rings. The van der Waals surface area contributed by atoms with Crippen LogP contribution in [0.1, 0.15) is 37.5 Å². The SMILES string of the molecule is CCCSCc1noc([C@H]2C[C@@H](O)CN2)n1.